The molecule has 1 aromatic rings. The predicted octanol–water partition coefficient (Wildman–Crippen LogP) is 2.91. The fourth-order valence-corrected chi connectivity index (χ4v) is 2.96. The van der Waals surface area contributed by atoms with Crippen molar-refractivity contribution in [2.45, 2.75) is 38.8 Å². The van der Waals surface area contributed by atoms with Crippen LogP contribution in [0.15, 0.2) is 24.3 Å². The number of hydrogen-bond acceptors (Lipinski definition) is 3. The number of likely N-dealkylation sites (tertiary alicyclic amines) is 1. The van der Waals surface area contributed by atoms with Gasteiger partial charge in [-0.3, -0.25) is 4.90 Å². The first-order chi connectivity index (χ1) is 10.2. The van der Waals surface area contributed by atoms with E-state index in [1.54, 1.807) is 0 Å². The Bertz CT molecular complexity index is 402. The van der Waals surface area contributed by atoms with E-state index in [4.69, 9.17) is 16.7 Å². The van der Waals surface area contributed by atoms with E-state index in [0.29, 0.717) is 18.6 Å². The Morgan fingerprint density at radius 3 is 2.57 bits per heavy atom. The van der Waals surface area contributed by atoms with Crippen LogP contribution < -0.4 is 5.32 Å². The number of hydrogen-bond donors (Lipinski definition) is 2. The SMILES string of the molecule is CC(CCO)CNC1CCN(Cc2ccc(Cl)cc2)CC1. The molecular weight excluding hydrogens is 284 g/mol. The topological polar surface area (TPSA) is 35.5 Å². The Kier molecular flexibility index (Phi) is 6.97. The highest BCUT2D eigenvalue weighted by atomic mass is 35.5. The van der Waals surface area contributed by atoms with Crippen molar-refractivity contribution in [1.29, 1.82) is 0 Å². The van der Waals surface area contributed by atoms with Crippen molar-refractivity contribution in [1.82, 2.24) is 10.2 Å². The quantitative estimate of drug-likeness (QED) is 0.813. The van der Waals surface area contributed by atoms with Crippen LogP contribution in [-0.2, 0) is 6.54 Å². The first kappa shape index (κ1) is 16.8. The molecule has 2 N–H and O–H groups in total. The molecule has 1 unspecified atom stereocenters. The van der Waals surface area contributed by atoms with Crippen molar-refractivity contribution in [2.75, 3.05) is 26.2 Å². The highest BCUT2D eigenvalue weighted by molar-refractivity contribution is 6.30. The number of benzene rings is 1. The summed E-state index contributed by atoms with van der Waals surface area (Å²) >= 11 is 5.92. The Hall–Kier alpha value is -0.610. The molecule has 0 aromatic heterocycles. The fourth-order valence-electron chi connectivity index (χ4n) is 2.83. The maximum absolute atomic E-state index is 8.92. The Balaban J connectivity index is 1.67. The van der Waals surface area contributed by atoms with Crippen LogP contribution in [0.4, 0.5) is 0 Å². The summed E-state index contributed by atoms with van der Waals surface area (Å²) in [7, 11) is 0. The van der Waals surface area contributed by atoms with Crippen LogP contribution >= 0.6 is 11.6 Å². The first-order valence-corrected chi connectivity index (χ1v) is 8.36. The Labute approximate surface area is 133 Å². The minimum atomic E-state index is 0.294. The number of piperidine rings is 1. The molecule has 0 bridgehead atoms. The van der Waals surface area contributed by atoms with Gasteiger partial charge in [-0.25, -0.2) is 0 Å². The zero-order chi connectivity index (χ0) is 15.1. The summed E-state index contributed by atoms with van der Waals surface area (Å²) in [6.45, 7) is 6.82. The molecule has 1 aliphatic rings. The van der Waals surface area contributed by atoms with Crippen LogP contribution in [0.5, 0.6) is 0 Å². The second kappa shape index (κ2) is 8.74. The minimum absolute atomic E-state index is 0.294. The van der Waals surface area contributed by atoms with E-state index in [2.05, 4.69) is 29.3 Å². The molecule has 3 nitrogen and oxygen atoms in total. The van der Waals surface area contributed by atoms with Gasteiger partial charge < -0.3 is 10.4 Å². The van der Waals surface area contributed by atoms with Crippen LogP contribution in [0.1, 0.15) is 31.7 Å². The molecule has 0 amide bonds. The molecule has 0 saturated carbocycles. The van der Waals surface area contributed by atoms with Gasteiger partial charge in [0.15, 0.2) is 0 Å². The third kappa shape index (κ3) is 5.95. The van der Waals surface area contributed by atoms with Crippen molar-refractivity contribution < 1.29 is 5.11 Å². The lowest BCUT2D eigenvalue weighted by Gasteiger charge is -2.33. The van der Waals surface area contributed by atoms with Crippen LogP contribution in [0, 0.1) is 5.92 Å². The van der Waals surface area contributed by atoms with Gasteiger partial charge in [0.1, 0.15) is 0 Å². The van der Waals surface area contributed by atoms with Gasteiger partial charge in [-0.1, -0.05) is 30.7 Å². The Morgan fingerprint density at radius 2 is 1.95 bits per heavy atom. The summed E-state index contributed by atoms with van der Waals surface area (Å²) in [5.41, 5.74) is 1.34. The van der Waals surface area contributed by atoms with Crippen molar-refractivity contribution in [3.8, 4) is 0 Å². The first-order valence-electron chi connectivity index (χ1n) is 7.98. The predicted molar refractivity (Wildman–Crippen MR) is 88.6 cm³/mol. The van der Waals surface area contributed by atoms with Gasteiger partial charge in [0.25, 0.3) is 0 Å². The van der Waals surface area contributed by atoms with Crippen LogP contribution in [0.25, 0.3) is 0 Å². The molecule has 1 saturated heterocycles. The minimum Gasteiger partial charge on any atom is -0.396 e. The van der Waals surface area contributed by atoms with Crippen molar-refractivity contribution in [3.63, 3.8) is 0 Å². The average Bonchev–Trinajstić information content (AvgIpc) is 2.49. The maximum atomic E-state index is 8.92. The average molecular weight is 311 g/mol. The number of aliphatic hydroxyl groups excluding tert-OH is 1. The molecule has 4 heteroatoms. The van der Waals surface area contributed by atoms with Crippen molar-refractivity contribution in [2.24, 2.45) is 5.92 Å². The lowest BCUT2D eigenvalue weighted by atomic mass is 10.0. The molecule has 1 aromatic carbocycles. The van der Waals surface area contributed by atoms with Gasteiger partial charge >= 0.3 is 0 Å². The summed E-state index contributed by atoms with van der Waals surface area (Å²) in [4.78, 5) is 2.51. The van der Waals surface area contributed by atoms with E-state index < -0.39 is 0 Å². The zero-order valence-electron chi connectivity index (χ0n) is 12.9. The van der Waals surface area contributed by atoms with E-state index in [0.717, 1.165) is 37.6 Å². The Morgan fingerprint density at radius 1 is 1.29 bits per heavy atom. The van der Waals surface area contributed by atoms with E-state index in [9.17, 15) is 0 Å². The molecule has 1 aliphatic heterocycles. The second-order valence-electron chi connectivity index (χ2n) is 6.20. The summed E-state index contributed by atoms with van der Waals surface area (Å²) in [5, 5.41) is 13.4. The third-order valence-corrected chi connectivity index (χ3v) is 4.54. The molecule has 118 valence electrons. The molecule has 1 atom stereocenters. The summed E-state index contributed by atoms with van der Waals surface area (Å²) in [6.07, 6.45) is 3.31. The van der Waals surface area contributed by atoms with E-state index in [1.165, 1.54) is 18.4 Å². The molecule has 2 rings (SSSR count). The molecular formula is C17H27ClN2O. The molecule has 0 aliphatic carbocycles. The smallest absolute Gasteiger partial charge is 0.0434 e. The molecule has 1 fully saturated rings. The van der Waals surface area contributed by atoms with Gasteiger partial charge in [-0.2, -0.15) is 0 Å². The monoisotopic (exact) mass is 310 g/mol. The summed E-state index contributed by atoms with van der Waals surface area (Å²) < 4.78 is 0. The third-order valence-electron chi connectivity index (χ3n) is 4.28. The summed E-state index contributed by atoms with van der Waals surface area (Å²) in [5.74, 6) is 0.557. The number of rotatable bonds is 7. The van der Waals surface area contributed by atoms with E-state index in [1.807, 2.05) is 12.1 Å². The molecule has 0 spiro atoms. The highest BCUT2D eigenvalue weighted by Crippen LogP contribution is 2.16. The van der Waals surface area contributed by atoms with Crippen molar-refractivity contribution >= 4 is 11.6 Å². The molecule has 1 heterocycles. The lowest BCUT2D eigenvalue weighted by molar-refractivity contribution is 0.185. The van der Waals surface area contributed by atoms with Gasteiger partial charge in [0.2, 0.25) is 0 Å². The lowest BCUT2D eigenvalue weighted by Crippen LogP contribution is -2.43. The van der Waals surface area contributed by atoms with Crippen LogP contribution in [-0.4, -0.2) is 42.3 Å². The van der Waals surface area contributed by atoms with E-state index in [-0.39, 0.29) is 0 Å². The maximum Gasteiger partial charge on any atom is 0.0434 e. The number of halogens is 1. The van der Waals surface area contributed by atoms with Crippen molar-refractivity contribution in [3.05, 3.63) is 34.9 Å². The number of nitrogens with one attached hydrogen (secondary N) is 1. The normalized spacial score (nSPS) is 18.8. The van der Waals surface area contributed by atoms with E-state index >= 15 is 0 Å². The van der Waals surface area contributed by atoms with Gasteiger partial charge in [0.05, 0.1) is 0 Å². The highest BCUT2D eigenvalue weighted by Gasteiger charge is 2.19. The van der Waals surface area contributed by atoms with Gasteiger partial charge in [0, 0.05) is 24.2 Å². The molecule has 21 heavy (non-hydrogen) atoms. The summed E-state index contributed by atoms with van der Waals surface area (Å²) in [6, 6.07) is 8.79. The van der Waals surface area contributed by atoms with Crippen LogP contribution in [0.3, 0.4) is 0 Å². The number of nitrogens with zero attached hydrogens (tertiary/aromatic N) is 1. The van der Waals surface area contributed by atoms with Gasteiger partial charge in [-0.15, -0.1) is 0 Å². The second-order valence-corrected chi connectivity index (χ2v) is 6.64. The fraction of sp³-hybridized carbons (Fsp3) is 0.647. The van der Waals surface area contributed by atoms with Crippen LogP contribution in [0.2, 0.25) is 5.02 Å². The standard InChI is InChI=1S/C17H27ClN2O/c1-14(8-11-21)12-19-17-6-9-20(10-7-17)13-15-2-4-16(18)5-3-15/h2-5,14,17,19,21H,6-13H2,1H3. The number of aliphatic hydroxyl groups is 1. The zero-order valence-corrected chi connectivity index (χ0v) is 13.6. The van der Waals surface area contributed by atoms with Gasteiger partial charge in [-0.05, 0) is 62.5 Å². The largest absolute Gasteiger partial charge is 0.396 e. The molecule has 0 radical (unpaired) electrons.